The third kappa shape index (κ3) is 2.95. The van der Waals surface area contributed by atoms with Gasteiger partial charge in [-0.25, -0.2) is 4.98 Å². The predicted molar refractivity (Wildman–Crippen MR) is 91.1 cm³/mol. The molecule has 3 rings (SSSR count). The number of carbonyl (C=O) groups is 1. The van der Waals surface area contributed by atoms with Crippen LogP contribution in [0.25, 0.3) is 0 Å². The smallest absolute Gasteiger partial charge is 0.264 e. The SMILES string of the molecule is Cc1nc(C(C)(C)C)[nH]c(=O)c1C(=O)N1CCc2sccc2C1. The monoisotopic (exact) mass is 331 g/mol. The number of fused-ring (bicyclic) bond motifs is 1. The van der Waals surface area contributed by atoms with E-state index in [0.29, 0.717) is 24.6 Å². The van der Waals surface area contributed by atoms with Crippen molar-refractivity contribution in [2.45, 2.75) is 46.1 Å². The standard InChI is InChI=1S/C17H21N3O2S/c1-10-13(14(21)19-16(18-10)17(2,3)4)15(22)20-7-5-12-11(9-20)6-8-23-12/h6,8H,5,7,9H2,1-4H3,(H,18,19,21). The Morgan fingerprint density at radius 3 is 2.78 bits per heavy atom. The third-order valence-electron chi connectivity index (χ3n) is 4.12. The Bertz CT molecular complexity index is 814. The minimum absolute atomic E-state index is 0.164. The van der Waals surface area contributed by atoms with Crippen LogP contribution in [-0.4, -0.2) is 27.3 Å². The zero-order valence-corrected chi connectivity index (χ0v) is 14.7. The van der Waals surface area contributed by atoms with Crippen molar-refractivity contribution < 1.29 is 4.79 Å². The zero-order valence-electron chi connectivity index (χ0n) is 13.9. The molecule has 122 valence electrons. The van der Waals surface area contributed by atoms with Gasteiger partial charge in [-0.15, -0.1) is 11.3 Å². The third-order valence-corrected chi connectivity index (χ3v) is 5.14. The summed E-state index contributed by atoms with van der Waals surface area (Å²) in [6, 6.07) is 2.05. The first-order chi connectivity index (χ1) is 10.8. The van der Waals surface area contributed by atoms with Crippen molar-refractivity contribution in [1.29, 1.82) is 0 Å². The molecule has 1 aliphatic heterocycles. The molecule has 0 aromatic carbocycles. The van der Waals surface area contributed by atoms with E-state index in [9.17, 15) is 9.59 Å². The van der Waals surface area contributed by atoms with Gasteiger partial charge in [-0.3, -0.25) is 9.59 Å². The van der Waals surface area contributed by atoms with E-state index in [-0.39, 0.29) is 22.4 Å². The second-order valence-electron chi connectivity index (χ2n) is 6.97. The second-order valence-corrected chi connectivity index (χ2v) is 7.97. The Balaban J connectivity index is 1.93. The van der Waals surface area contributed by atoms with E-state index < -0.39 is 0 Å². The van der Waals surface area contributed by atoms with E-state index in [0.717, 1.165) is 6.42 Å². The highest BCUT2D eigenvalue weighted by atomic mass is 32.1. The molecule has 2 aromatic heterocycles. The predicted octanol–water partition coefficient (Wildman–Crippen LogP) is 2.64. The molecule has 1 N–H and O–H groups in total. The average molecular weight is 331 g/mol. The van der Waals surface area contributed by atoms with Crippen molar-refractivity contribution in [3.8, 4) is 0 Å². The molecule has 0 spiro atoms. The number of nitrogens with zero attached hydrogens (tertiary/aromatic N) is 2. The van der Waals surface area contributed by atoms with Gasteiger partial charge in [-0.1, -0.05) is 20.8 Å². The molecule has 23 heavy (non-hydrogen) atoms. The van der Waals surface area contributed by atoms with Crippen LogP contribution < -0.4 is 5.56 Å². The number of hydrogen-bond donors (Lipinski definition) is 1. The maximum absolute atomic E-state index is 12.8. The van der Waals surface area contributed by atoms with E-state index in [1.807, 2.05) is 20.8 Å². The molecule has 0 atom stereocenters. The van der Waals surface area contributed by atoms with Gasteiger partial charge in [-0.2, -0.15) is 0 Å². The molecule has 0 bridgehead atoms. The number of carbonyl (C=O) groups excluding carboxylic acids is 1. The molecule has 6 heteroatoms. The van der Waals surface area contributed by atoms with Gasteiger partial charge in [0.25, 0.3) is 11.5 Å². The van der Waals surface area contributed by atoms with Crippen molar-refractivity contribution in [2.24, 2.45) is 0 Å². The minimum Gasteiger partial charge on any atom is -0.334 e. The minimum atomic E-state index is -0.344. The van der Waals surface area contributed by atoms with Gasteiger partial charge in [0.1, 0.15) is 11.4 Å². The van der Waals surface area contributed by atoms with Crippen LogP contribution in [0.15, 0.2) is 16.2 Å². The summed E-state index contributed by atoms with van der Waals surface area (Å²) in [7, 11) is 0. The molecule has 0 aliphatic carbocycles. The maximum Gasteiger partial charge on any atom is 0.264 e. The van der Waals surface area contributed by atoms with Gasteiger partial charge < -0.3 is 9.88 Å². The normalized spacial score (nSPS) is 14.7. The molecule has 5 nitrogen and oxygen atoms in total. The molecule has 3 heterocycles. The number of rotatable bonds is 1. The zero-order chi connectivity index (χ0) is 16.8. The first-order valence-electron chi connectivity index (χ1n) is 7.73. The first kappa shape index (κ1) is 15.9. The lowest BCUT2D eigenvalue weighted by Gasteiger charge is -2.27. The fourth-order valence-electron chi connectivity index (χ4n) is 2.77. The van der Waals surface area contributed by atoms with E-state index in [2.05, 4.69) is 21.4 Å². The molecule has 2 aromatic rings. The van der Waals surface area contributed by atoms with Crippen LogP contribution in [0.1, 0.15) is 53.1 Å². The van der Waals surface area contributed by atoms with Crippen molar-refractivity contribution >= 4 is 17.2 Å². The fraction of sp³-hybridized carbons (Fsp3) is 0.471. The van der Waals surface area contributed by atoms with Crippen LogP contribution >= 0.6 is 11.3 Å². The van der Waals surface area contributed by atoms with Crippen molar-refractivity contribution in [1.82, 2.24) is 14.9 Å². The summed E-state index contributed by atoms with van der Waals surface area (Å²) in [5, 5.41) is 2.05. The van der Waals surface area contributed by atoms with E-state index in [1.165, 1.54) is 10.4 Å². The van der Waals surface area contributed by atoms with Crippen LogP contribution in [0.4, 0.5) is 0 Å². The van der Waals surface area contributed by atoms with Crippen LogP contribution in [-0.2, 0) is 18.4 Å². The number of aromatic nitrogens is 2. The highest BCUT2D eigenvalue weighted by Crippen LogP contribution is 2.25. The molecule has 0 saturated carbocycles. The summed E-state index contributed by atoms with van der Waals surface area (Å²) in [4.78, 5) is 35.6. The van der Waals surface area contributed by atoms with E-state index in [1.54, 1.807) is 23.2 Å². The van der Waals surface area contributed by atoms with Gasteiger partial charge >= 0.3 is 0 Å². The molecule has 0 unspecified atom stereocenters. The number of nitrogens with one attached hydrogen (secondary N) is 1. The van der Waals surface area contributed by atoms with Gasteiger partial charge in [0.15, 0.2) is 0 Å². The van der Waals surface area contributed by atoms with Gasteiger partial charge in [0.05, 0.1) is 5.69 Å². The second kappa shape index (κ2) is 5.60. The van der Waals surface area contributed by atoms with Gasteiger partial charge in [0, 0.05) is 23.4 Å². The summed E-state index contributed by atoms with van der Waals surface area (Å²) in [6.07, 6.45) is 0.850. The summed E-state index contributed by atoms with van der Waals surface area (Å²) in [6.45, 7) is 8.89. The summed E-state index contributed by atoms with van der Waals surface area (Å²) in [5.74, 6) is 0.379. The Hall–Kier alpha value is -1.95. The number of H-pyrrole nitrogens is 1. The lowest BCUT2D eigenvalue weighted by atomic mass is 9.95. The molecular weight excluding hydrogens is 310 g/mol. The quantitative estimate of drug-likeness (QED) is 0.873. The lowest BCUT2D eigenvalue weighted by Crippen LogP contribution is -2.39. The molecule has 0 fully saturated rings. The fourth-order valence-corrected chi connectivity index (χ4v) is 3.66. The Labute approximate surface area is 139 Å². The van der Waals surface area contributed by atoms with Crippen LogP contribution in [0.3, 0.4) is 0 Å². The first-order valence-corrected chi connectivity index (χ1v) is 8.61. The summed E-state index contributed by atoms with van der Waals surface area (Å²) in [5.41, 5.74) is 1.24. The maximum atomic E-state index is 12.8. The molecule has 0 saturated heterocycles. The number of aryl methyl sites for hydroxylation is 1. The van der Waals surface area contributed by atoms with Crippen molar-refractivity contribution in [3.05, 3.63) is 49.3 Å². The summed E-state index contributed by atoms with van der Waals surface area (Å²) < 4.78 is 0. The van der Waals surface area contributed by atoms with Crippen LogP contribution in [0, 0.1) is 6.92 Å². The number of aromatic amines is 1. The summed E-state index contributed by atoms with van der Waals surface area (Å²) >= 11 is 1.73. The molecular formula is C17H21N3O2S. The molecule has 0 radical (unpaired) electrons. The van der Waals surface area contributed by atoms with Crippen LogP contribution in [0.2, 0.25) is 0 Å². The van der Waals surface area contributed by atoms with E-state index in [4.69, 9.17) is 0 Å². The average Bonchev–Trinajstić information content (AvgIpc) is 2.92. The number of amides is 1. The van der Waals surface area contributed by atoms with Crippen molar-refractivity contribution in [2.75, 3.05) is 6.54 Å². The highest BCUT2D eigenvalue weighted by molar-refractivity contribution is 7.10. The lowest BCUT2D eigenvalue weighted by molar-refractivity contribution is 0.0732. The number of thiophene rings is 1. The Kier molecular flexibility index (Phi) is 3.88. The topological polar surface area (TPSA) is 66.1 Å². The largest absolute Gasteiger partial charge is 0.334 e. The molecule has 1 amide bonds. The van der Waals surface area contributed by atoms with Gasteiger partial charge in [-0.05, 0) is 30.4 Å². The number of hydrogen-bond acceptors (Lipinski definition) is 4. The van der Waals surface area contributed by atoms with Crippen molar-refractivity contribution in [3.63, 3.8) is 0 Å². The Morgan fingerprint density at radius 1 is 1.39 bits per heavy atom. The highest BCUT2D eigenvalue weighted by Gasteiger charge is 2.27. The Morgan fingerprint density at radius 2 is 2.13 bits per heavy atom. The van der Waals surface area contributed by atoms with E-state index >= 15 is 0 Å². The van der Waals surface area contributed by atoms with Gasteiger partial charge in [0.2, 0.25) is 0 Å². The molecule has 1 aliphatic rings. The van der Waals surface area contributed by atoms with Crippen LogP contribution in [0.5, 0.6) is 0 Å².